The summed E-state index contributed by atoms with van der Waals surface area (Å²) < 4.78 is 5.03. The highest BCUT2D eigenvalue weighted by atomic mass is 32.2. The number of nitrogens with zero attached hydrogens (tertiary/aromatic N) is 1. The molecule has 1 heterocycles. The molecule has 118 valence electrons. The molecule has 3 amide bonds. The molecule has 1 aliphatic rings. The van der Waals surface area contributed by atoms with Gasteiger partial charge in [-0.1, -0.05) is 0 Å². The summed E-state index contributed by atoms with van der Waals surface area (Å²) in [5.74, 6) is -0.367. The Morgan fingerprint density at radius 1 is 1.18 bits per heavy atom. The largest absolute Gasteiger partial charge is 0.497 e. The van der Waals surface area contributed by atoms with E-state index in [2.05, 4.69) is 5.32 Å². The van der Waals surface area contributed by atoms with Gasteiger partial charge in [0.05, 0.1) is 17.6 Å². The molecule has 1 N–H and O–H groups in total. The Labute approximate surface area is 133 Å². The van der Waals surface area contributed by atoms with Crippen molar-refractivity contribution in [1.29, 1.82) is 0 Å². The van der Waals surface area contributed by atoms with E-state index in [4.69, 9.17) is 4.74 Å². The number of ether oxygens (including phenoxy) is 1. The highest BCUT2D eigenvalue weighted by Crippen LogP contribution is 2.26. The molecule has 1 fully saturated rings. The lowest BCUT2D eigenvalue weighted by Crippen LogP contribution is -2.52. The van der Waals surface area contributed by atoms with Crippen LogP contribution in [0, 0.1) is 0 Å². The number of hydrogen-bond acceptors (Lipinski definition) is 5. The van der Waals surface area contributed by atoms with Crippen molar-refractivity contribution in [3.63, 3.8) is 0 Å². The van der Waals surface area contributed by atoms with Crippen molar-refractivity contribution >= 4 is 35.2 Å². The lowest BCUT2D eigenvalue weighted by molar-refractivity contribution is -0.147. The number of benzene rings is 1. The minimum absolute atomic E-state index is 0.265. The second-order valence-corrected chi connectivity index (χ2v) is 6.65. The van der Waals surface area contributed by atoms with Gasteiger partial charge in [0, 0.05) is 5.69 Å². The molecule has 0 radical (unpaired) electrons. The van der Waals surface area contributed by atoms with Crippen molar-refractivity contribution in [3.05, 3.63) is 24.3 Å². The first-order valence-corrected chi connectivity index (χ1v) is 7.81. The number of hydrogen-bond donors (Lipinski definition) is 1. The summed E-state index contributed by atoms with van der Waals surface area (Å²) >= 11 is 1.31. The van der Waals surface area contributed by atoms with Gasteiger partial charge in [0.15, 0.2) is 0 Å². The van der Waals surface area contributed by atoms with Gasteiger partial charge in [0.1, 0.15) is 12.3 Å². The van der Waals surface area contributed by atoms with Crippen LogP contribution in [0.4, 0.5) is 5.69 Å². The van der Waals surface area contributed by atoms with Crippen molar-refractivity contribution < 1.29 is 19.1 Å². The molecule has 2 atom stereocenters. The molecule has 1 saturated heterocycles. The van der Waals surface area contributed by atoms with E-state index in [1.54, 1.807) is 45.2 Å². The molecule has 0 aliphatic carbocycles. The number of amides is 3. The van der Waals surface area contributed by atoms with E-state index in [9.17, 15) is 14.4 Å². The van der Waals surface area contributed by atoms with Crippen LogP contribution in [-0.4, -0.2) is 46.8 Å². The summed E-state index contributed by atoms with van der Waals surface area (Å²) in [6.45, 7) is 3.22. The Kier molecular flexibility index (Phi) is 5.07. The van der Waals surface area contributed by atoms with Gasteiger partial charge in [-0.05, 0) is 38.1 Å². The molecule has 0 saturated carbocycles. The number of rotatable bonds is 4. The molecule has 0 spiro atoms. The highest BCUT2D eigenvalue weighted by molar-refractivity contribution is 8.02. The van der Waals surface area contributed by atoms with Gasteiger partial charge in [-0.3, -0.25) is 19.3 Å². The molecule has 6 nitrogen and oxygen atoms in total. The van der Waals surface area contributed by atoms with Gasteiger partial charge >= 0.3 is 0 Å². The van der Waals surface area contributed by atoms with E-state index in [-0.39, 0.29) is 28.9 Å². The molecule has 1 aromatic carbocycles. The second kappa shape index (κ2) is 6.83. The Balaban J connectivity index is 2.00. The van der Waals surface area contributed by atoms with Crippen LogP contribution < -0.4 is 10.1 Å². The van der Waals surface area contributed by atoms with E-state index in [0.29, 0.717) is 11.4 Å². The molecule has 0 aromatic heterocycles. The van der Waals surface area contributed by atoms with Gasteiger partial charge < -0.3 is 10.1 Å². The molecular formula is C15H18N2O4S. The van der Waals surface area contributed by atoms with Crippen LogP contribution in [0.25, 0.3) is 0 Å². The molecule has 1 aromatic rings. The van der Waals surface area contributed by atoms with E-state index < -0.39 is 5.91 Å². The predicted octanol–water partition coefficient (Wildman–Crippen LogP) is 1.51. The Bertz CT molecular complexity index is 568. The topological polar surface area (TPSA) is 75.7 Å². The highest BCUT2D eigenvalue weighted by Gasteiger charge is 2.37. The van der Waals surface area contributed by atoms with Gasteiger partial charge in [-0.25, -0.2) is 0 Å². The first-order valence-electron chi connectivity index (χ1n) is 6.87. The molecule has 7 heteroatoms. The summed E-state index contributed by atoms with van der Waals surface area (Å²) in [5, 5.41) is 2.03. The first-order chi connectivity index (χ1) is 10.4. The van der Waals surface area contributed by atoms with Crippen molar-refractivity contribution in [2.24, 2.45) is 0 Å². The summed E-state index contributed by atoms with van der Waals surface area (Å²) in [6.07, 6.45) is 0. The van der Waals surface area contributed by atoms with E-state index in [1.165, 1.54) is 11.8 Å². The van der Waals surface area contributed by atoms with Crippen LogP contribution in [0.15, 0.2) is 24.3 Å². The standard InChI is InChI=1S/C15H18N2O4S/c1-9-14(19)17(15(20)10(2)22-9)8-13(18)16-11-4-6-12(21-3)7-5-11/h4-7,9-10H,8H2,1-3H3,(H,16,18)/t9-,10-/m1/s1. The fourth-order valence-corrected chi connectivity index (χ4v) is 3.24. The van der Waals surface area contributed by atoms with Crippen molar-refractivity contribution in [2.75, 3.05) is 19.0 Å². The van der Waals surface area contributed by atoms with E-state index in [0.717, 1.165) is 4.90 Å². The Hall–Kier alpha value is -2.02. The third-order valence-corrected chi connectivity index (χ3v) is 4.53. The quantitative estimate of drug-likeness (QED) is 0.851. The zero-order chi connectivity index (χ0) is 16.3. The zero-order valence-corrected chi connectivity index (χ0v) is 13.5. The first kappa shape index (κ1) is 16.4. The average molecular weight is 322 g/mol. The maximum absolute atomic E-state index is 12.0. The van der Waals surface area contributed by atoms with Crippen LogP contribution in [0.2, 0.25) is 0 Å². The van der Waals surface area contributed by atoms with Gasteiger partial charge in [0.2, 0.25) is 17.7 Å². The number of imide groups is 1. The number of thioether (sulfide) groups is 1. The maximum Gasteiger partial charge on any atom is 0.244 e. The van der Waals surface area contributed by atoms with Gasteiger partial charge in [-0.15, -0.1) is 11.8 Å². The number of carbonyl (C=O) groups is 3. The lowest BCUT2D eigenvalue weighted by atomic mass is 10.2. The van der Waals surface area contributed by atoms with Crippen LogP contribution in [0.3, 0.4) is 0 Å². The van der Waals surface area contributed by atoms with Crippen molar-refractivity contribution in [2.45, 2.75) is 24.3 Å². The lowest BCUT2D eigenvalue weighted by Gasteiger charge is -2.31. The Morgan fingerprint density at radius 2 is 1.73 bits per heavy atom. The van der Waals surface area contributed by atoms with Crippen LogP contribution in [0.5, 0.6) is 5.75 Å². The molecule has 0 bridgehead atoms. The minimum Gasteiger partial charge on any atom is -0.497 e. The monoisotopic (exact) mass is 322 g/mol. The smallest absolute Gasteiger partial charge is 0.244 e. The number of carbonyl (C=O) groups excluding carboxylic acids is 3. The van der Waals surface area contributed by atoms with Gasteiger partial charge in [0.25, 0.3) is 0 Å². The van der Waals surface area contributed by atoms with Crippen molar-refractivity contribution in [1.82, 2.24) is 4.90 Å². The third kappa shape index (κ3) is 3.59. The maximum atomic E-state index is 12.0. The zero-order valence-electron chi connectivity index (χ0n) is 12.7. The fraction of sp³-hybridized carbons (Fsp3) is 0.400. The minimum atomic E-state index is -0.404. The molecule has 0 unspecified atom stereocenters. The summed E-state index contributed by atoms with van der Waals surface area (Å²) in [6, 6.07) is 6.82. The van der Waals surface area contributed by atoms with E-state index >= 15 is 0 Å². The third-order valence-electron chi connectivity index (χ3n) is 3.31. The summed E-state index contributed by atoms with van der Waals surface area (Å²) in [4.78, 5) is 37.2. The SMILES string of the molecule is COc1ccc(NC(=O)CN2C(=O)[C@@H](C)S[C@H](C)C2=O)cc1. The van der Waals surface area contributed by atoms with Crippen LogP contribution >= 0.6 is 11.8 Å². The second-order valence-electron chi connectivity index (χ2n) is 4.96. The Morgan fingerprint density at radius 3 is 2.23 bits per heavy atom. The predicted molar refractivity (Wildman–Crippen MR) is 84.9 cm³/mol. The van der Waals surface area contributed by atoms with Crippen LogP contribution in [-0.2, 0) is 14.4 Å². The van der Waals surface area contributed by atoms with Crippen molar-refractivity contribution in [3.8, 4) is 5.75 Å². The number of anilines is 1. The molecule has 22 heavy (non-hydrogen) atoms. The summed E-state index contributed by atoms with van der Waals surface area (Å²) in [7, 11) is 1.56. The normalized spacial score (nSPS) is 21.7. The van der Waals surface area contributed by atoms with Crippen LogP contribution in [0.1, 0.15) is 13.8 Å². The van der Waals surface area contributed by atoms with E-state index in [1.807, 2.05) is 0 Å². The van der Waals surface area contributed by atoms with Gasteiger partial charge in [-0.2, -0.15) is 0 Å². The number of nitrogens with one attached hydrogen (secondary N) is 1. The number of methoxy groups -OCH3 is 1. The average Bonchev–Trinajstić information content (AvgIpc) is 2.50. The molecule has 2 rings (SSSR count). The summed E-state index contributed by atoms with van der Waals surface area (Å²) in [5.41, 5.74) is 0.582. The fourth-order valence-electron chi connectivity index (χ4n) is 2.14. The molecule has 1 aliphatic heterocycles. The molecular weight excluding hydrogens is 304 g/mol.